The average molecular weight is 376 g/mol. The molecule has 0 spiro atoms. The summed E-state index contributed by atoms with van der Waals surface area (Å²) in [5.74, 6) is 1.04. The maximum absolute atomic E-state index is 13.8. The molecule has 1 unspecified atom stereocenters. The number of amides is 1. The molecular weight excluding hydrogens is 342 g/mol. The van der Waals surface area contributed by atoms with E-state index in [4.69, 9.17) is 14.2 Å². The van der Waals surface area contributed by atoms with Gasteiger partial charge in [0.25, 0.3) is 0 Å². The average Bonchev–Trinajstić information content (AvgIpc) is 2.74. The van der Waals surface area contributed by atoms with Crippen molar-refractivity contribution in [2.75, 3.05) is 40.0 Å². The number of benzene rings is 1. The second-order valence-electron chi connectivity index (χ2n) is 7.66. The Morgan fingerprint density at radius 1 is 1.19 bits per heavy atom. The van der Waals surface area contributed by atoms with E-state index in [0.29, 0.717) is 19.8 Å². The Bertz CT molecular complexity index is 589. The summed E-state index contributed by atoms with van der Waals surface area (Å²) >= 11 is 0. The molecule has 3 rings (SSSR count). The molecule has 0 aromatic heterocycles. The van der Waals surface area contributed by atoms with Crippen molar-refractivity contribution >= 4 is 5.91 Å². The van der Waals surface area contributed by atoms with Crippen molar-refractivity contribution in [1.82, 2.24) is 4.90 Å². The molecule has 5 nitrogen and oxygen atoms in total. The van der Waals surface area contributed by atoms with Gasteiger partial charge in [0.2, 0.25) is 5.91 Å². The summed E-state index contributed by atoms with van der Waals surface area (Å²) in [6.07, 6.45) is 5.94. The minimum Gasteiger partial charge on any atom is -0.497 e. The van der Waals surface area contributed by atoms with E-state index >= 15 is 0 Å². The zero-order valence-corrected chi connectivity index (χ0v) is 16.7. The molecule has 27 heavy (non-hydrogen) atoms. The summed E-state index contributed by atoms with van der Waals surface area (Å²) in [5.41, 5.74) is 0.566. The van der Waals surface area contributed by atoms with Crippen LogP contribution in [0.1, 0.15) is 51.0 Å². The Balaban J connectivity index is 1.85. The predicted molar refractivity (Wildman–Crippen MR) is 105 cm³/mol. The maximum atomic E-state index is 13.8. The quantitative estimate of drug-likeness (QED) is 0.731. The van der Waals surface area contributed by atoms with E-state index in [-0.39, 0.29) is 12.0 Å². The van der Waals surface area contributed by atoms with Crippen molar-refractivity contribution < 1.29 is 19.0 Å². The number of nitrogens with zero attached hydrogens (tertiary/aromatic N) is 1. The lowest BCUT2D eigenvalue weighted by molar-refractivity contribution is -0.144. The molecule has 2 aliphatic heterocycles. The van der Waals surface area contributed by atoms with Gasteiger partial charge >= 0.3 is 0 Å². The largest absolute Gasteiger partial charge is 0.497 e. The molecular formula is C22H33NO4. The summed E-state index contributed by atoms with van der Waals surface area (Å²) in [6, 6.07) is 8.00. The van der Waals surface area contributed by atoms with E-state index in [1.54, 1.807) is 7.11 Å². The highest BCUT2D eigenvalue weighted by atomic mass is 16.5. The van der Waals surface area contributed by atoms with Gasteiger partial charge in [0.15, 0.2) is 0 Å². The molecule has 0 N–H and O–H groups in total. The third-order valence-electron chi connectivity index (χ3n) is 5.88. The Labute approximate surface area is 163 Å². The summed E-state index contributed by atoms with van der Waals surface area (Å²) in [6.45, 7) is 5.67. The smallest absolute Gasteiger partial charge is 0.233 e. The summed E-state index contributed by atoms with van der Waals surface area (Å²) < 4.78 is 16.8. The number of rotatable bonds is 7. The normalized spacial score (nSPS) is 22.2. The van der Waals surface area contributed by atoms with Crippen LogP contribution in [-0.2, 0) is 19.7 Å². The maximum Gasteiger partial charge on any atom is 0.233 e. The van der Waals surface area contributed by atoms with Crippen molar-refractivity contribution in [1.29, 1.82) is 0 Å². The molecule has 150 valence electrons. The number of ether oxygens (including phenoxy) is 3. The molecule has 1 aromatic rings. The number of methoxy groups -OCH3 is 1. The summed E-state index contributed by atoms with van der Waals surface area (Å²) in [5, 5.41) is 0. The van der Waals surface area contributed by atoms with E-state index in [9.17, 15) is 4.79 Å². The van der Waals surface area contributed by atoms with Crippen molar-refractivity contribution in [3.05, 3.63) is 29.8 Å². The number of carbonyl (C=O) groups excluding carboxylic acids is 1. The molecule has 5 heteroatoms. The summed E-state index contributed by atoms with van der Waals surface area (Å²) in [4.78, 5) is 15.9. The fourth-order valence-electron chi connectivity index (χ4n) is 4.30. The van der Waals surface area contributed by atoms with Gasteiger partial charge in [-0.2, -0.15) is 0 Å². The van der Waals surface area contributed by atoms with Crippen LogP contribution in [-0.4, -0.2) is 56.9 Å². The fraction of sp³-hybridized carbons (Fsp3) is 0.682. The van der Waals surface area contributed by atoms with Crippen LogP contribution >= 0.6 is 0 Å². The highest BCUT2D eigenvalue weighted by molar-refractivity contribution is 5.88. The number of hydrogen-bond donors (Lipinski definition) is 0. The van der Waals surface area contributed by atoms with E-state index in [1.165, 1.54) is 6.42 Å². The number of carbonyl (C=O) groups is 1. The van der Waals surface area contributed by atoms with E-state index in [2.05, 4.69) is 6.92 Å². The van der Waals surface area contributed by atoms with Gasteiger partial charge in [0.1, 0.15) is 5.75 Å². The van der Waals surface area contributed by atoms with Gasteiger partial charge in [0, 0.05) is 32.9 Å². The Kier molecular flexibility index (Phi) is 7.13. The molecule has 0 saturated carbocycles. The molecule has 0 radical (unpaired) electrons. The van der Waals surface area contributed by atoms with Crippen molar-refractivity contribution in [3.8, 4) is 5.75 Å². The topological polar surface area (TPSA) is 48.0 Å². The monoisotopic (exact) mass is 375 g/mol. The van der Waals surface area contributed by atoms with Crippen LogP contribution in [0.4, 0.5) is 0 Å². The van der Waals surface area contributed by atoms with Gasteiger partial charge in [-0.1, -0.05) is 19.1 Å². The van der Waals surface area contributed by atoms with Gasteiger partial charge in [-0.25, -0.2) is 0 Å². The Morgan fingerprint density at radius 3 is 2.52 bits per heavy atom. The van der Waals surface area contributed by atoms with Crippen LogP contribution < -0.4 is 4.74 Å². The lowest BCUT2D eigenvalue weighted by Crippen LogP contribution is -2.52. The van der Waals surface area contributed by atoms with E-state index < -0.39 is 5.41 Å². The highest BCUT2D eigenvalue weighted by Crippen LogP contribution is 2.38. The molecule has 0 aliphatic carbocycles. The first-order valence-electron chi connectivity index (χ1n) is 10.3. The zero-order valence-electron chi connectivity index (χ0n) is 16.7. The minimum atomic E-state index is -0.506. The Hall–Kier alpha value is -1.59. The van der Waals surface area contributed by atoms with Gasteiger partial charge in [0.05, 0.1) is 18.6 Å². The van der Waals surface area contributed by atoms with Crippen LogP contribution in [0.25, 0.3) is 0 Å². The Morgan fingerprint density at radius 2 is 1.93 bits per heavy atom. The molecule has 2 aliphatic rings. The fourth-order valence-corrected chi connectivity index (χ4v) is 4.30. The third-order valence-corrected chi connectivity index (χ3v) is 5.88. The first-order valence-corrected chi connectivity index (χ1v) is 10.3. The SMILES string of the molecule is CCCN(CC1CCCCO1)C(=O)C1(c2ccc(OC)cc2)CCOCC1. The predicted octanol–water partition coefficient (Wildman–Crippen LogP) is 3.55. The third kappa shape index (κ3) is 4.64. The lowest BCUT2D eigenvalue weighted by Gasteiger charge is -2.41. The van der Waals surface area contributed by atoms with Crippen LogP contribution in [0.2, 0.25) is 0 Å². The molecule has 0 bridgehead atoms. The van der Waals surface area contributed by atoms with Crippen molar-refractivity contribution in [2.24, 2.45) is 0 Å². The van der Waals surface area contributed by atoms with Crippen LogP contribution in [0, 0.1) is 0 Å². The van der Waals surface area contributed by atoms with Gasteiger partial charge in [-0.15, -0.1) is 0 Å². The molecule has 1 aromatic carbocycles. The second kappa shape index (κ2) is 9.56. The highest BCUT2D eigenvalue weighted by Gasteiger charge is 2.44. The van der Waals surface area contributed by atoms with Crippen molar-refractivity contribution in [2.45, 2.75) is 57.0 Å². The van der Waals surface area contributed by atoms with Crippen molar-refractivity contribution in [3.63, 3.8) is 0 Å². The zero-order chi connectivity index (χ0) is 19.1. The molecule has 2 heterocycles. The molecule has 1 amide bonds. The first kappa shape index (κ1) is 20.2. The molecule has 1 atom stereocenters. The standard InChI is InChI=1S/C22H33NO4/c1-3-13-23(17-20-6-4-5-14-27-20)21(24)22(11-15-26-16-12-22)18-7-9-19(25-2)10-8-18/h7-10,20H,3-6,11-17H2,1-2H3. The molecule has 2 fully saturated rings. The van der Waals surface area contributed by atoms with Gasteiger partial charge in [-0.05, 0) is 56.2 Å². The summed E-state index contributed by atoms with van der Waals surface area (Å²) in [7, 11) is 1.66. The van der Waals surface area contributed by atoms with E-state index in [0.717, 1.165) is 56.6 Å². The minimum absolute atomic E-state index is 0.169. The lowest BCUT2D eigenvalue weighted by atomic mass is 9.73. The van der Waals surface area contributed by atoms with Gasteiger partial charge in [-0.3, -0.25) is 4.79 Å². The van der Waals surface area contributed by atoms with Crippen LogP contribution in [0.5, 0.6) is 5.75 Å². The van der Waals surface area contributed by atoms with Gasteiger partial charge < -0.3 is 19.1 Å². The van der Waals surface area contributed by atoms with Crippen LogP contribution in [0.3, 0.4) is 0 Å². The second-order valence-corrected chi connectivity index (χ2v) is 7.66. The first-order chi connectivity index (χ1) is 13.2. The molecule has 2 saturated heterocycles. The van der Waals surface area contributed by atoms with Crippen LogP contribution in [0.15, 0.2) is 24.3 Å². The van der Waals surface area contributed by atoms with E-state index in [1.807, 2.05) is 29.2 Å². The number of hydrogen-bond acceptors (Lipinski definition) is 4.